The second kappa shape index (κ2) is 8.55. The number of aromatic nitrogens is 1. The maximum Gasteiger partial charge on any atom is 0.420 e. The van der Waals surface area contributed by atoms with E-state index in [9.17, 15) is 9.59 Å². The molecule has 2 aromatic rings. The number of hydrogen-bond donors (Lipinski definition) is 1. The van der Waals surface area contributed by atoms with E-state index < -0.39 is 23.4 Å². The third-order valence-corrected chi connectivity index (χ3v) is 3.37. The molecule has 0 aliphatic rings. The molecule has 0 atom stereocenters. The summed E-state index contributed by atoms with van der Waals surface area (Å²) in [6.45, 7) is 12.2. The molecule has 29 heavy (non-hydrogen) atoms. The number of nitrogens with zero attached hydrogens (tertiary/aromatic N) is 2. The molecule has 2 amide bonds. The van der Waals surface area contributed by atoms with Crippen molar-refractivity contribution in [2.75, 3.05) is 5.32 Å². The highest BCUT2D eigenvalue weighted by Crippen LogP contribution is 2.21. The molecule has 1 heterocycles. The Morgan fingerprint density at radius 1 is 1.07 bits per heavy atom. The van der Waals surface area contributed by atoms with Crippen molar-refractivity contribution >= 4 is 23.9 Å². The van der Waals surface area contributed by atoms with Crippen molar-refractivity contribution in [2.24, 2.45) is 0 Å². The molecule has 0 saturated heterocycles. The van der Waals surface area contributed by atoms with Crippen LogP contribution in [0.4, 0.5) is 21.3 Å². The van der Waals surface area contributed by atoms with Crippen molar-refractivity contribution in [1.82, 2.24) is 9.88 Å². The van der Waals surface area contributed by atoms with Crippen LogP contribution in [0.5, 0.6) is 0 Å². The quantitative estimate of drug-likeness (QED) is 0.730. The van der Waals surface area contributed by atoms with E-state index in [0.29, 0.717) is 23.0 Å². The van der Waals surface area contributed by atoms with Crippen molar-refractivity contribution in [3.63, 3.8) is 0 Å². The van der Waals surface area contributed by atoms with Crippen molar-refractivity contribution in [2.45, 2.75) is 66.2 Å². The Balaban J connectivity index is 2.21. The zero-order valence-corrected chi connectivity index (χ0v) is 18.0. The third kappa shape index (κ3) is 7.48. The van der Waals surface area contributed by atoms with Gasteiger partial charge in [-0.1, -0.05) is 12.1 Å². The number of rotatable bonds is 4. The summed E-state index contributed by atoms with van der Waals surface area (Å²) in [7, 11) is 0. The monoisotopic (exact) mass is 403 g/mol. The van der Waals surface area contributed by atoms with E-state index in [1.54, 1.807) is 72.9 Å². The number of amides is 2. The lowest BCUT2D eigenvalue weighted by molar-refractivity contribution is -0.000248. The van der Waals surface area contributed by atoms with Gasteiger partial charge in [0.15, 0.2) is 0 Å². The average Bonchev–Trinajstić information content (AvgIpc) is 2.94. The summed E-state index contributed by atoms with van der Waals surface area (Å²) in [5.41, 5.74) is -0.0830. The van der Waals surface area contributed by atoms with Crippen LogP contribution >= 0.6 is 0 Å². The van der Waals surface area contributed by atoms with Gasteiger partial charge in [-0.15, -0.1) is 0 Å². The fourth-order valence-electron chi connectivity index (χ4n) is 2.30. The highest BCUT2D eigenvalue weighted by molar-refractivity contribution is 5.88. The molecule has 8 heteroatoms. The fraction of sp³-hybridized carbons (Fsp3) is 0.476. The van der Waals surface area contributed by atoms with Crippen molar-refractivity contribution in [3.8, 4) is 0 Å². The largest absolute Gasteiger partial charge is 0.443 e. The van der Waals surface area contributed by atoms with Crippen molar-refractivity contribution in [1.29, 1.82) is 0 Å². The number of ether oxygens (including phenoxy) is 2. The normalized spacial score (nSPS) is 11.7. The van der Waals surface area contributed by atoms with Crippen LogP contribution in [-0.2, 0) is 16.0 Å². The minimum atomic E-state index is -0.770. The zero-order chi connectivity index (χ0) is 21.8. The van der Waals surface area contributed by atoms with Gasteiger partial charge in [0.25, 0.3) is 6.01 Å². The maximum atomic E-state index is 12.6. The molecule has 8 nitrogen and oxygen atoms in total. The first-order chi connectivity index (χ1) is 13.3. The first-order valence-corrected chi connectivity index (χ1v) is 9.34. The average molecular weight is 403 g/mol. The summed E-state index contributed by atoms with van der Waals surface area (Å²) < 4.78 is 16.2. The first-order valence-electron chi connectivity index (χ1n) is 9.34. The number of anilines is 2. The molecule has 0 saturated carbocycles. The molecule has 0 fully saturated rings. The smallest absolute Gasteiger partial charge is 0.420 e. The van der Waals surface area contributed by atoms with Gasteiger partial charge >= 0.3 is 12.2 Å². The number of carbonyl (C=O) groups is 2. The maximum absolute atomic E-state index is 12.6. The molecule has 0 aliphatic heterocycles. The summed E-state index contributed by atoms with van der Waals surface area (Å²) in [4.78, 5) is 30.3. The van der Waals surface area contributed by atoms with Crippen LogP contribution in [0.1, 0.15) is 52.9 Å². The second-order valence-corrected chi connectivity index (χ2v) is 8.65. The van der Waals surface area contributed by atoms with E-state index in [1.165, 1.54) is 0 Å². The number of hydrogen-bond acceptors (Lipinski definition) is 7. The molecule has 0 unspecified atom stereocenters. The Morgan fingerprint density at radius 3 is 2.14 bits per heavy atom. The highest BCUT2D eigenvalue weighted by Gasteiger charge is 2.31. The van der Waals surface area contributed by atoms with E-state index in [2.05, 4.69) is 10.3 Å². The number of imide groups is 1. The van der Waals surface area contributed by atoms with Gasteiger partial charge in [0.05, 0.1) is 12.7 Å². The Morgan fingerprint density at radius 2 is 1.66 bits per heavy atom. The number of oxazole rings is 1. The molecule has 0 spiro atoms. The molecule has 1 aromatic heterocycles. The van der Waals surface area contributed by atoms with Gasteiger partial charge in [-0.3, -0.25) is 0 Å². The highest BCUT2D eigenvalue weighted by atomic mass is 16.6. The van der Waals surface area contributed by atoms with Gasteiger partial charge in [0, 0.05) is 5.69 Å². The van der Waals surface area contributed by atoms with Crippen LogP contribution in [0.3, 0.4) is 0 Å². The summed E-state index contributed by atoms with van der Waals surface area (Å²) >= 11 is 0. The van der Waals surface area contributed by atoms with E-state index in [4.69, 9.17) is 13.9 Å². The van der Waals surface area contributed by atoms with Gasteiger partial charge in [0.1, 0.15) is 17.0 Å². The number of nitrogens with one attached hydrogen (secondary N) is 1. The van der Waals surface area contributed by atoms with Gasteiger partial charge in [0.2, 0.25) is 0 Å². The first kappa shape index (κ1) is 22.3. The standard InChI is InChI=1S/C21H29N3O5/c1-14-12-22-17(27-14)23-16-10-8-9-15(11-16)13-24(18(25)28-20(2,3)4)19(26)29-21(5,6)7/h8-12H,13H2,1-7H3,(H,22,23). The SMILES string of the molecule is Cc1cnc(Nc2cccc(CN(C(=O)OC(C)(C)C)C(=O)OC(C)(C)C)c2)o1. The summed E-state index contributed by atoms with van der Waals surface area (Å²) in [6.07, 6.45) is 0.0701. The minimum absolute atomic E-state index is 0.00996. The van der Waals surface area contributed by atoms with Crippen LogP contribution in [0.2, 0.25) is 0 Å². The Kier molecular flexibility index (Phi) is 6.56. The molecule has 0 aliphatic carbocycles. The molecule has 158 valence electrons. The molecule has 0 bridgehead atoms. The van der Waals surface area contributed by atoms with Crippen LogP contribution in [0, 0.1) is 6.92 Å². The van der Waals surface area contributed by atoms with Gasteiger partial charge in [-0.05, 0) is 66.2 Å². The fourth-order valence-corrected chi connectivity index (χ4v) is 2.30. The molecular weight excluding hydrogens is 374 g/mol. The van der Waals surface area contributed by atoms with Crippen LogP contribution < -0.4 is 5.32 Å². The zero-order valence-electron chi connectivity index (χ0n) is 18.0. The molecule has 2 rings (SSSR count). The van der Waals surface area contributed by atoms with Crippen molar-refractivity contribution < 1.29 is 23.5 Å². The van der Waals surface area contributed by atoms with Crippen molar-refractivity contribution in [3.05, 3.63) is 41.8 Å². The molecule has 1 aromatic carbocycles. The predicted octanol–water partition coefficient (Wildman–Crippen LogP) is 5.40. The Bertz CT molecular complexity index is 834. The number of aryl methyl sites for hydroxylation is 1. The summed E-state index contributed by atoms with van der Waals surface area (Å²) in [5.74, 6) is 0.685. The topological polar surface area (TPSA) is 93.9 Å². The van der Waals surface area contributed by atoms with Gasteiger partial charge in [-0.25, -0.2) is 19.5 Å². The lowest BCUT2D eigenvalue weighted by atomic mass is 10.2. The lowest BCUT2D eigenvalue weighted by Gasteiger charge is -2.28. The van der Waals surface area contributed by atoms with Crippen LogP contribution in [0.25, 0.3) is 0 Å². The lowest BCUT2D eigenvalue weighted by Crippen LogP contribution is -2.43. The molecular formula is C21H29N3O5. The van der Waals surface area contributed by atoms with Gasteiger partial charge in [-0.2, -0.15) is 0 Å². The number of benzene rings is 1. The molecule has 1 N–H and O–H groups in total. The predicted molar refractivity (Wildman–Crippen MR) is 109 cm³/mol. The third-order valence-electron chi connectivity index (χ3n) is 3.37. The summed E-state index contributed by atoms with van der Waals surface area (Å²) in [6, 6.07) is 7.58. The van der Waals surface area contributed by atoms with E-state index in [-0.39, 0.29) is 6.54 Å². The van der Waals surface area contributed by atoms with E-state index in [0.717, 1.165) is 4.90 Å². The van der Waals surface area contributed by atoms with Crippen LogP contribution in [0.15, 0.2) is 34.9 Å². The van der Waals surface area contributed by atoms with Crippen LogP contribution in [-0.4, -0.2) is 33.3 Å². The molecule has 0 radical (unpaired) electrons. The second-order valence-electron chi connectivity index (χ2n) is 8.65. The Hall–Kier alpha value is -3.03. The summed E-state index contributed by atoms with van der Waals surface area (Å²) in [5, 5.41) is 3.04. The minimum Gasteiger partial charge on any atom is -0.443 e. The van der Waals surface area contributed by atoms with E-state index >= 15 is 0 Å². The number of carbonyl (C=O) groups excluding carboxylic acids is 2. The van der Waals surface area contributed by atoms with Gasteiger partial charge < -0.3 is 19.2 Å². The Labute approximate surface area is 171 Å². The van der Waals surface area contributed by atoms with E-state index in [1.807, 2.05) is 6.07 Å².